The van der Waals surface area contributed by atoms with Crippen LogP contribution in [0.4, 0.5) is 0 Å². The lowest BCUT2D eigenvalue weighted by Gasteiger charge is -2.30. The number of aromatic nitrogens is 2. The molecule has 0 bridgehead atoms. The predicted octanol–water partition coefficient (Wildman–Crippen LogP) is 0.596. The number of hydrogen-bond donors (Lipinski definition) is 1. The smallest absolute Gasteiger partial charge is 0.308 e. The number of imidazole rings is 1. The molecule has 0 radical (unpaired) electrons. The SMILES string of the molecule is O=C(O)[C@@H]1CCCN(C(=O)CCn2ccnc2)C1. The Morgan fingerprint density at radius 1 is 1.44 bits per heavy atom. The normalized spacial score (nSPS) is 19.8. The number of hydrogen-bond acceptors (Lipinski definition) is 3. The van der Waals surface area contributed by atoms with Crippen LogP contribution in [0.5, 0.6) is 0 Å². The molecule has 98 valence electrons. The summed E-state index contributed by atoms with van der Waals surface area (Å²) >= 11 is 0. The van der Waals surface area contributed by atoms with Crippen molar-refractivity contribution in [3.05, 3.63) is 18.7 Å². The molecule has 2 rings (SSSR count). The van der Waals surface area contributed by atoms with Gasteiger partial charge >= 0.3 is 5.97 Å². The first-order valence-electron chi connectivity index (χ1n) is 6.13. The number of rotatable bonds is 4. The van der Waals surface area contributed by atoms with Gasteiger partial charge in [-0.3, -0.25) is 9.59 Å². The number of aliphatic carboxylic acids is 1. The Balaban J connectivity index is 1.83. The Morgan fingerprint density at radius 2 is 2.28 bits per heavy atom. The minimum atomic E-state index is -0.804. The Labute approximate surface area is 105 Å². The summed E-state index contributed by atoms with van der Waals surface area (Å²) in [7, 11) is 0. The van der Waals surface area contributed by atoms with Gasteiger partial charge in [0.15, 0.2) is 0 Å². The largest absolute Gasteiger partial charge is 0.481 e. The Kier molecular flexibility index (Phi) is 3.96. The van der Waals surface area contributed by atoms with E-state index in [1.807, 2.05) is 10.8 Å². The minimum absolute atomic E-state index is 0.0228. The lowest BCUT2D eigenvalue weighted by molar-refractivity contribution is -0.145. The van der Waals surface area contributed by atoms with Gasteiger partial charge in [-0.05, 0) is 12.8 Å². The van der Waals surface area contributed by atoms with Crippen molar-refractivity contribution in [3.8, 4) is 0 Å². The van der Waals surface area contributed by atoms with E-state index in [2.05, 4.69) is 4.98 Å². The van der Waals surface area contributed by atoms with E-state index in [4.69, 9.17) is 5.11 Å². The van der Waals surface area contributed by atoms with Gasteiger partial charge in [0.2, 0.25) is 5.91 Å². The molecule has 6 heteroatoms. The lowest BCUT2D eigenvalue weighted by atomic mass is 9.98. The van der Waals surface area contributed by atoms with E-state index in [0.29, 0.717) is 32.5 Å². The molecule has 1 aromatic heterocycles. The summed E-state index contributed by atoms with van der Waals surface area (Å²) in [4.78, 5) is 28.5. The molecule has 1 saturated heterocycles. The van der Waals surface area contributed by atoms with Crippen molar-refractivity contribution in [2.45, 2.75) is 25.8 Å². The monoisotopic (exact) mass is 251 g/mol. The minimum Gasteiger partial charge on any atom is -0.481 e. The molecule has 1 amide bonds. The van der Waals surface area contributed by atoms with E-state index in [9.17, 15) is 9.59 Å². The van der Waals surface area contributed by atoms with Crippen LogP contribution in [0.25, 0.3) is 0 Å². The van der Waals surface area contributed by atoms with Gasteiger partial charge in [0.25, 0.3) is 0 Å². The zero-order valence-corrected chi connectivity index (χ0v) is 10.2. The van der Waals surface area contributed by atoms with Crippen molar-refractivity contribution in [2.24, 2.45) is 5.92 Å². The van der Waals surface area contributed by atoms with Gasteiger partial charge in [-0.15, -0.1) is 0 Å². The zero-order chi connectivity index (χ0) is 13.0. The highest BCUT2D eigenvalue weighted by Gasteiger charge is 2.27. The van der Waals surface area contributed by atoms with Gasteiger partial charge in [-0.1, -0.05) is 0 Å². The van der Waals surface area contributed by atoms with Crippen LogP contribution >= 0.6 is 0 Å². The van der Waals surface area contributed by atoms with Crippen LogP contribution < -0.4 is 0 Å². The molecule has 1 aliphatic rings. The summed E-state index contributed by atoms with van der Waals surface area (Å²) in [5.41, 5.74) is 0. The Bertz CT molecular complexity index is 416. The third-order valence-electron chi connectivity index (χ3n) is 3.27. The zero-order valence-electron chi connectivity index (χ0n) is 10.2. The molecule has 2 heterocycles. The molecule has 0 unspecified atom stereocenters. The van der Waals surface area contributed by atoms with E-state index in [1.165, 1.54) is 0 Å². The maximum absolute atomic E-state index is 12.0. The predicted molar refractivity (Wildman–Crippen MR) is 63.8 cm³/mol. The average molecular weight is 251 g/mol. The van der Waals surface area contributed by atoms with E-state index in [0.717, 1.165) is 6.42 Å². The van der Waals surface area contributed by atoms with Crippen molar-refractivity contribution < 1.29 is 14.7 Å². The van der Waals surface area contributed by atoms with Crippen LogP contribution in [-0.4, -0.2) is 44.5 Å². The number of amides is 1. The van der Waals surface area contributed by atoms with Gasteiger partial charge in [0.1, 0.15) is 0 Å². The van der Waals surface area contributed by atoms with Crippen molar-refractivity contribution in [1.29, 1.82) is 0 Å². The van der Waals surface area contributed by atoms with Crippen molar-refractivity contribution in [1.82, 2.24) is 14.5 Å². The van der Waals surface area contributed by atoms with E-state index >= 15 is 0 Å². The summed E-state index contributed by atoms with van der Waals surface area (Å²) in [6, 6.07) is 0. The topological polar surface area (TPSA) is 75.4 Å². The fraction of sp³-hybridized carbons (Fsp3) is 0.583. The first-order valence-corrected chi connectivity index (χ1v) is 6.13. The quantitative estimate of drug-likeness (QED) is 0.850. The van der Waals surface area contributed by atoms with Crippen molar-refractivity contribution in [3.63, 3.8) is 0 Å². The molecule has 1 aromatic rings. The molecular formula is C12H17N3O3. The molecular weight excluding hydrogens is 234 g/mol. The van der Waals surface area contributed by atoms with Gasteiger partial charge in [0.05, 0.1) is 12.2 Å². The first-order chi connectivity index (χ1) is 8.66. The summed E-state index contributed by atoms with van der Waals surface area (Å²) < 4.78 is 1.84. The van der Waals surface area contributed by atoms with Crippen molar-refractivity contribution >= 4 is 11.9 Å². The second-order valence-corrected chi connectivity index (χ2v) is 4.57. The summed E-state index contributed by atoms with van der Waals surface area (Å²) in [5.74, 6) is -1.19. The molecule has 1 aliphatic heterocycles. The molecule has 0 saturated carbocycles. The third-order valence-corrected chi connectivity index (χ3v) is 3.27. The standard InChI is InChI=1S/C12H17N3O3/c16-11(3-6-14-7-4-13-9-14)15-5-1-2-10(8-15)12(17)18/h4,7,9-10H,1-3,5-6,8H2,(H,17,18)/t10-/m1/s1. The molecule has 6 nitrogen and oxygen atoms in total. The number of piperidine rings is 1. The molecule has 1 atom stereocenters. The fourth-order valence-corrected chi connectivity index (χ4v) is 2.21. The van der Waals surface area contributed by atoms with Gasteiger partial charge < -0.3 is 14.6 Å². The van der Waals surface area contributed by atoms with Crippen LogP contribution in [0, 0.1) is 5.92 Å². The number of nitrogens with zero attached hydrogens (tertiary/aromatic N) is 3. The maximum atomic E-state index is 12.0. The van der Waals surface area contributed by atoms with Crippen LogP contribution in [-0.2, 0) is 16.1 Å². The van der Waals surface area contributed by atoms with Gasteiger partial charge in [-0.2, -0.15) is 0 Å². The Hall–Kier alpha value is -1.85. The van der Waals surface area contributed by atoms with E-state index in [-0.39, 0.29) is 5.91 Å². The number of aryl methyl sites for hydroxylation is 1. The van der Waals surface area contributed by atoms with Gasteiger partial charge in [-0.25, -0.2) is 4.98 Å². The van der Waals surface area contributed by atoms with Crippen LogP contribution in [0.1, 0.15) is 19.3 Å². The first kappa shape index (κ1) is 12.6. The van der Waals surface area contributed by atoms with Crippen molar-refractivity contribution in [2.75, 3.05) is 13.1 Å². The summed E-state index contributed by atoms with van der Waals surface area (Å²) in [5, 5.41) is 8.97. The fourth-order valence-electron chi connectivity index (χ4n) is 2.21. The molecule has 0 spiro atoms. The highest BCUT2D eigenvalue weighted by Crippen LogP contribution is 2.17. The van der Waals surface area contributed by atoms with Gasteiger partial charge in [0, 0.05) is 38.4 Å². The van der Waals surface area contributed by atoms with E-state index < -0.39 is 11.9 Å². The number of carbonyl (C=O) groups is 2. The maximum Gasteiger partial charge on any atom is 0.308 e. The summed E-state index contributed by atoms with van der Waals surface area (Å²) in [6.07, 6.45) is 6.98. The average Bonchev–Trinajstić information content (AvgIpc) is 2.89. The molecule has 0 aromatic carbocycles. The highest BCUT2D eigenvalue weighted by atomic mass is 16.4. The molecule has 1 fully saturated rings. The summed E-state index contributed by atoms with van der Waals surface area (Å²) in [6.45, 7) is 1.61. The number of likely N-dealkylation sites (tertiary alicyclic amines) is 1. The molecule has 18 heavy (non-hydrogen) atoms. The molecule has 1 N–H and O–H groups in total. The number of carboxylic acids is 1. The van der Waals surface area contributed by atoms with Crippen LogP contribution in [0.15, 0.2) is 18.7 Å². The Morgan fingerprint density at radius 3 is 2.94 bits per heavy atom. The van der Waals surface area contributed by atoms with Crippen LogP contribution in [0.2, 0.25) is 0 Å². The van der Waals surface area contributed by atoms with E-state index in [1.54, 1.807) is 17.4 Å². The lowest BCUT2D eigenvalue weighted by Crippen LogP contribution is -2.42. The third kappa shape index (κ3) is 3.09. The second-order valence-electron chi connectivity index (χ2n) is 4.57. The number of carboxylic acid groups (broad SMARTS) is 1. The second kappa shape index (κ2) is 5.66. The molecule has 0 aliphatic carbocycles. The van der Waals surface area contributed by atoms with Crippen LogP contribution in [0.3, 0.4) is 0 Å². The highest BCUT2D eigenvalue weighted by molar-refractivity contribution is 5.78. The number of carbonyl (C=O) groups excluding carboxylic acids is 1.